The Labute approximate surface area is 171 Å². The lowest BCUT2D eigenvalue weighted by molar-refractivity contribution is 0.0527. The molecular formula is C23H29N3O3. The summed E-state index contributed by atoms with van der Waals surface area (Å²) >= 11 is 0. The van der Waals surface area contributed by atoms with Gasteiger partial charge in [0.05, 0.1) is 24.9 Å². The molecule has 6 heteroatoms. The van der Waals surface area contributed by atoms with E-state index in [9.17, 15) is 4.79 Å². The van der Waals surface area contributed by atoms with E-state index in [1.807, 2.05) is 25.1 Å². The summed E-state index contributed by atoms with van der Waals surface area (Å²) in [5.74, 6) is 1.83. The Morgan fingerprint density at radius 2 is 2.14 bits per heavy atom. The summed E-state index contributed by atoms with van der Waals surface area (Å²) in [5, 5.41) is 0.968. The molecule has 3 aliphatic rings. The second-order valence-electron chi connectivity index (χ2n) is 8.51. The molecule has 29 heavy (non-hydrogen) atoms. The van der Waals surface area contributed by atoms with Crippen molar-refractivity contribution in [3.8, 4) is 5.75 Å². The summed E-state index contributed by atoms with van der Waals surface area (Å²) in [5.41, 5.74) is 2.40. The van der Waals surface area contributed by atoms with Crippen molar-refractivity contribution in [1.29, 1.82) is 0 Å². The van der Waals surface area contributed by atoms with Crippen LogP contribution in [-0.4, -0.2) is 61.8 Å². The van der Waals surface area contributed by atoms with E-state index in [2.05, 4.69) is 14.8 Å². The van der Waals surface area contributed by atoms with E-state index in [1.165, 1.54) is 32.4 Å². The Bertz CT molecular complexity index is 931. The maximum Gasteiger partial charge on any atom is 0.341 e. The highest BCUT2D eigenvalue weighted by atomic mass is 16.5. The minimum absolute atomic E-state index is 0.295. The van der Waals surface area contributed by atoms with Gasteiger partial charge in [-0.15, -0.1) is 0 Å². The molecule has 1 aromatic heterocycles. The van der Waals surface area contributed by atoms with Gasteiger partial charge < -0.3 is 14.4 Å². The topological polar surface area (TPSA) is 54.9 Å². The number of esters is 1. The summed E-state index contributed by atoms with van der Waals surface area (Å²) < 4.78 is 10.8. The normalized spacial score (nSPS) is 26.4. The SMILES string of the molecule is CCOC(=O)c1cnc2ccc(OC)cc2c1N1CC2CN3CCCCC3C2C1. The van der Waals surface area contributed by atoms with Gasteiger partial charge in [0.25, 0.3) is 0 Å². The lowest BCUT2D eigenvalue weighted by Crippen LogP contribution is -2.40. The zero-order valence-electron chi connectivity index (χ0n) is 17.3. The van der Waals surface area contributed by atoms with Crippen LogP contribution in [0.25, 0.3) is 10.9 Å². The summed E-state index contributed by atoms with van der Waals surface area (Å²) in [7, 11) is 1.67. The van der Waals surface area contributed by atoms with Crippen molar-refractivity contribution >= 4 is 22.6 Å². The molecule has 3 unspecified atom stereocenters. The van der Waals surface area contributed by atoms with E-state index in [1.54, 1.807) is 13.3 Å². The minimum Gasteiger partial charge on any atom is -0.497 e. The molecule has 2 aromatic rings. The highest BCUT2D eigenvalue weighted by Crippen LogP contribution is 2.44. The minimum atomic E-state index is -0.295. The van der Waals surface area contributed by atoms with Gasteiger partial charge in [0.1, 0.15) is 11.3 Å². The second kappa shape index (κ2) is 7.48. The molecule has 0 N–H and O–H groups in total. The highest BCUT2D eigenvalue weighted by molar-refractivity contribution is 6.05. The predicted molar refractivity (Wildman–Crippen MR) is 113 cm³/mol. The number of ether oxygens (including phenoxy) is 2. The Kier molecular flexibility index (Phi) is 4.82. The maximum atomic E-state index is 12.8. The predicted octanol–water partition coefficient (Wildman–Crippen LogP) is 3.34. The number of methoxy groups -OCH3 is 1. The largest absolute Gasteiger partial charge is 0.497 e. The van der Waals surface area contributed by atoms with Crippen LogP contribution in [0.1, 0.15) is 36.5 Å². The van der Waals surface area contributed by atoms with Gasteiger partial charge in [-0.25, -0.2) is 4.79 Å². The Hall–Kier alpha value is -2.34. The van der Waals surface area contributed by atoms with Crippen molar-refractivity contribution in [2.45, 2.75) is 32.2 Å². The fourth-order valence-corrected chi connectivity index (χ4v) is 5.72. The molecule has 6 nitrogen and oxygen atoms in total. The summed E-state index contributed by atoms with van der Waals surface area (Å²) in [6.45, 7) is 6.62. The fourth-order valence-electron chi connectivity index (χ4n) is 5.72. The Morgan fingerprint density at radius 3 is 2.97 bits per heavy atom. The zero-order chi connectivity index (χ0) is 20.0. The highest BCUT2D eigenvalue weighted by Gasteiger charge is 2.47. The van der Waals surface area contributed by atoms with Crippen molar-refractivity contribution in [2.24, 2.45) is 11.8 Å². The molecule has 4 heterocycles. The number of piperidine rings is 1. The lowest BCUT2D eigenvalue weighted by Gasteiger charge is -2.34. The summed E-state index contributed by atoms with van der Waals surface area (Å²) in [4.78, 5) is 22.4. The van der Waals surface area contributed by atoms with Crippen LogP contribution in [0.5, 0.6) is 5.75 Å². The van der Waals surface area contributed by atoms with Crippen molar-refractivity contribution in [2.75, 3.05) is 44.8 Å². The quantitative estimate of drug-likeness (QED) is 0.740. The molecule has 154 valence electrons. The molecule has 0 bridgehead atoms. The van der Waals surface area contributed by atoms with Crippen LogP contribution in [0.3, 0.4) is 0 Å². The summed E-state index contributed by atoms with van der Waals surface area (Å²) in [6.07, 6.45) is 5.67. The number of anilines is 1. The Balaban J connectivity index is 1.56. The molecule has 0 saturated carbocycles. The fraction of sp³-hybridized carbons (Fsp3) is 0.565. The first-order chi connectivity index (χ1) is 14.2. The monoisotopic (exact) mass is 395 g/mol. The molecular weight excluding hydrogens is 366 g/mol. The number of hydrogen-bond acceptors (Lipinski definition) is 6. The number of pyridine rings is 1. The van der Waals surface area contributed by atoms with Crippen LogP contribution in [0.4, 0.5) is 5.69 Å². The van der Waals surface area contributed by atoms with Crippen LogP contribution in [0.15, 0.2) is 24.4 Å². The third-order valence-electron chi connectivity index (χ3n) is 6.98. The van der Waals surface area contributed by atoms with Gasteiger partial charge >= 0.3 is 5.97 Å². The molecule has 3 fully saturated rings. The van der Waals surface area contributed by atoms with Crippen molar-refractivity contribution in [3.63, 3.8) is 0 Å². The molecule has 3 aliphatic heterocycles. The number of carbonyl (C=O) groups is 1. The third-order valence-corrected chi connectivity index (χ3v) is 6.98. The average Bonchev–Trinajstić information content (AvgIpc) is 3.30. The molecule has 3 saturated heterocycles. The van der Waals surface area contributed by atoms with Crippen LogP contribution in [-0.2, 0) is 4.74 Å². The first-order valence-corrected chi connectivity index (χ1v) is 10.8. The first kappa shape index (κ1) is 18.7. The smallest absolute Gasteiger partial charge is 0.341 e. The van der Waals surface area contributed by atoms with Crippen LogP contribution < -0.4 is 9.64 Å². The number of carbonyl (C=O) groups excluding carboxylic acids is 1. The van der Waals surface area contributed by atoms with E-state index in [0.29, 0.717) is 30.0 Å². The Morgan fingerprint density at radius 1 is 1.24 bits per heavy atom. The van der Waals surface area contributed by atoms with Crippen LogP contribution in [0.2, 0.25) is 0 Å². The van der Waals surface area contributed by atoms with E-state index >= 15 is 0 Å². The van der Waals surface area contributed by atoms with Gasteiger partial charge in [-0.3, -0.25) is 9.88 Å². The lowest BCUT2D eigenvalue weighted by atomic mass is 9.90. The molecule has 0 amide bonds. The number of nitrogens with zero attached hydrogens (tertiary/aromatic N) is 3. The van der Waals surface area contributed by atoms with E-state index in [4.69, 9.17) is 9.47 Å². The number of fused-ring (bicyclic) bond motifs is 4. The van der Waals surface area contributed by atoms with E-state index in [0.717, 1.165) is 35.4 Å². The van der Waals surface area contributed by atoms with E-state index < -0.39 is 0 Å². The first-order valence-electron chi connectivity index (χ1n) is 10.8. The molecule has 3 atom stereocenters. The standard InChI is InChI=1S/C23H29N3O3/c1-3-29-23(27)18-11-24-20-8-7-16(28-2)10-17(20)22(18)26-13-15-12-25-9-5-4-6-21(25)19(15)14-26/h7-8,10-11,15,19,21H,3-6,9,12-14H2,1-2H3. The molecule has 1 aromatic carbocycles. The van der Waals surface area contributed by atoms with Gasteiger partial charge in [-0.2, -0.15) is 0 Å². The van der Waals surface area contributed by atoms with Crippen LogP contribution in [0, 0.1) is 11.8 Å². The average molecular weight is 396 g/mol. The van der Waals surface area contributed by atoms with Gasteiger partial charge in [0.2, 0.25) is 0 Å². The van der Waals surface area contributed by atoms with Gasteiger partial charge in [0.15, 0.2) is 0 Å². The zero-order valence-corrected chi connectivity index (χ0v) is 17.3. The molecule has 5 rings (SSSR count). The van der Waals surface area contributed by atoms with Crippen molar-refractivity contribution in [1.82, 2.24) is 9.88 Å². The van der Waals surface area contributed by atoms with Crippen molar-refractivity contribution in [3.05, 3.63) is 30.0 Å². The molecule has 0 aliphatic carbocycles. The van der Waals surface area contributed by atoms with Gasteiger partial charge in [-0.1, -0.05) is 6.42 Å². The number of aromatic nitrogens is 1. The molecule has 0 spiro atoms. The second-order valence-corrected chi connectivity index (χ2v) is 8.51. The van der Waals surface area contributed by atoms with Gasteiger partial charge in [-0.05, 0) is 56.3 Å². The molecule has 0 radical (unpaired) electrons. The third kappa shape index (κ3) is 3.14. The van der Waals surface area contributed by atoms with Crippen molar-refractivity contribution < 1.29 is 14.3 Å². The van der Waals surface area contributed by atoms with Crippen LogP contribution >= 0.6 is 0 Å². The summed E-state index contributed by atoms with van der Waals surface area (Å²) in [6, 6.07) is 6.59. The van der Waals surface area contributed by atoms with E-state index in [-0.39, 0.29) is 5.97 Å². The number of rotatable bonds is 4. The maximum absolute atomic E-state index is 12.8. The van der Waals surface area contributed by atoms with Gasteiger partial charge in [0, 0.05) is 37.3 Å². The number of benzene rings is 1. The number of hydrogen-bond donors (Lipinski definition) is 0.